The number of aryl methyl sites for hydroxylation is 2. The molecule has 0 radical (unpaired) electrons. The maximum Gasteiger partial charge on any atom is 0.0395 e. The summed E-state index contributed by atoms with van der Waals surface area (Å²) in [5, 5.41) is 0. The summed E-state index contributed by atoms with van der Waals surface area (Å²) in [6.45, 7) is 4.39. The van der Waals surface area contributed by atoms with Crippen LogP contribution in [0.1, 0.15) is 66.5 Å². The number of halogens is 1. The van der Waals surface area contributed by atoms with Crippen LogP contribution in [0.2, 0.25) is 0 Å². The maximum atomic E-state index is 3.87. The van der Waals surface area contributed by atoms with Crippen LogP contribution in [0.25, 0.3) is 0 Å². The molecule has 1 atom stereocenters. The van der Waals surface area contributed by atoms with Gasteiger partial charge in [-0.2, -0.15) is 0 Å². The highest BCUT2D eigenvalue weighted by molar-refractivity contribution is 9.09. The molecule has 0 heterocycles. The molecule has 2 rings (SSSR count). The minimum atomic E-state index is 0.540. The predicted molar refractivity (Wildman–Crippen MR) is 83.4 cm³/mol. The zero-order chi connectivity index (χ0) is 13.0. The summed E-state index contributed by atoms with van der Waals surface area (Å²) in [5.41, 5.74) is 4.26. The molecular formula is C17H25Br. The zero-order valence-corrected chi connectivity index (χ0v) is 13.3. The van der Waals surface area contributed by atoms with Crippen molar-refractivity contribution in [2.75, 3.05) is 0 Å². The second-order valence-corrected chi connectivity index (χ2v) is 7.00. The Kier molecular flexibility index (Phi) is 5.29. The van der Waals surface area contributed by atoms with Gasteiger partial charge in [0, 0.05) is 4.83 Å². The Morgan fingerprint density at radius 1 is 1.11 bits per heavy atom. The SMILES string of the molecule is Cc1ccc(C(Br)CCC2CCCCC2)cc1C. The molecule has 0 saturated heterocycles. The standard InChI is InChI=1S/C17H25Br/c1-13-8-10-16(12-14(13)2)17(18)11-9-15-6-4-3-5-7-15/h8,10,12,15,17H,3-7,9,11H2,1-2H3. The average Bonchev–Trinajstić information content (AvgIpc) is 2.40. The maximum absolute atomic E-state index is 3.87. The van der Waals surface area contributed by atoms with Crippen LogP contribution in [0, 0.1) is 19.8 Å². The van der Waals surface area contributed by atoms with E-state index in [1.807, 2.05) is 0 Å². The molecule has 0 amide bonds. The van der Waals surface area contributed by atoms with Crippen LogP contribution in [-0.2, 0) is 0 Å². The molecule has 1 saturated carbocycles. The van der Waals surface area contributed by atoms with E-state index in [4.69, 9.17) is 0 Å². The molecule has 1 fully saturated rings. The fourth-order valence-electron chi connectivity index (χ4n) is 2.98. The minimum Gasteiger partial charge on any atom is -0.0839 e. The number of alkyl halides is 1. The number of rotatable bonds is 4. The lowest BCUT2D eigenvalue weighted by molar-refractivity contribution is 0.332. The Hall–Kier alpha value is -0.300. The third-order valence-corrected chi connectivity index (χ3v) is 5.43. The smallest absolute Gasteiger partial charge is 0.0395 e. The van der Waals surface area contributed by atoms with Gasteiger partial charge in [-0.25, -0.2) is 0 Å². The molecule has 0 bridgehead atoms. The van der Waals surface area contributed by atoms with E-state index in [-0.39, 0.29) is 0 Å². The van der Waals surface area contributed by atoms with E-state index in [9.17, 15) is 0 Å². The highest BCUT2D eigenvalue weighted by Crippen LogP contribution is 2.34. The van der Waals surface area contributed by atoms with Gasteiger partial charge in [0.1, 0.15) is 0 Å². The predicted octanol–water partition coefficient (Wildman–Crippen LogP) is 6.10. The highest BCUT2D eigenvalue weighted by Gasteiger charge is 2.16. The number of hydrogen-bond acceptors (Lipinski definition) is 0. The Morgan fingerprint density at radius 3 is 2.50 bits per heavy atom. The molecule has 1 heteroatoms. The molecule has 1 aromatic carbocycles. The van der Waals surface area contributed by atoms with Gasteiger partial charge in [-0.3, -0.25) is 0 Å². The first kappa shape index (κ1) is 14.1. The van der Waals surface area contributed by atoms with Crippen molar-refractivity contribution >= 4 is 15.9 Å². The average molecular weight is 309 g/mol. The highest BCUT2D eigenvalue weighted by atomic mass is 79.9. The Balaban J connectivity index is 1.86. The third kappa shape index (κ3) is 3.85. The lowest BCUT2D eigenvalue weighted by Gasteiger charge is -2.22. The Bertz CT molecular complexity index is 377. The van der Waals surface area contributed by atoms with Crippen molar-refractivity contribution < 1.29 is 0 Å². The first-order chi connectivity index (χ1) is 8.66. The second-order valence-electron chi connectivity index (χ2n) is 5.89. The Labute approximate surface area is 120 Å². The minimum absolute atomic E-state index is 0.540. The van der Waals surface area contributed by atoms with Crippen molar-refractivity contribution in [1.29, 1.82) is 0 Å². The molecule has 0 spiro atoms. The van der Waals surface area contributed by atoms with Crippen LogP contribution in [0.3, 0.4) is 0 Å². The van der Waals surface area contributed by atoms with E-state index < -0.39 is 0 Å². The monoisotopic (exact) mass is 308 g/mol. The molecule has 0 nitrogen and oxygen atoms in total. The van der Waals surface area contributed by atoms with Gasteiger partial charge in [0.05, 0.1) is 0 Å². The number of hydrogen-bond donors (Lipinski definition) is 0. The summed E-state index contributed by atoms with van der Waals surface area (Å²) in [6, 6.07) is 6.87. The topological polar surface area (TPSA) is 0 Å². The Morgan fingerprint density at radius 2 is 1.83 bits per heavy atom. The molecule has 1 aliphatic carbocycles. The second kappa shape index (κ2) is 6.75. The number of benzene rings is 1. The summed E-state index contributed by atoms with van der Waals surface area (Å²) in [7, 11) is 0. The van der Waals surface area contributed by atoms with Crippen LogP contribution < -0.4 is 0 Å². The summed E-state index contributed by atoms with van der Waals surface area (Å²) >= 11 is 3.87. The molecular weight excluding hydrogens is 284 g/mol. The lowest BCUT2D eigenvalue weighted by Crippen LogP contribution is -2.07. The molecule has 100 valence electrons. The van der Waals surface area contributed by atoms with Gasteiger partial charge < -0.3 is 0 Å². The van der Waals surface area contributed by atoms with E-state index in [1.165, 1.54) is 61.6 Å². The summed E-state index contributed by atoms with van der Waals surface area (Å²) < 4.78 is 0. The van der Waals surface area contributed by atoms with Crippen LogP contribution >= 0.6 is 15.9 Å². The van der Waals surface area contributed by atoms with Gasteiger partial charge in [-0.15, -0.1) is 0 Å². The van der Waals surface area contributed by atoms with Crippen molar-refractivity contribution in [2.45, 2.75) is 63.6 Å². The largest absolute Gasteiger partial charge is 0.0839 e. The van der Waals surface area contributed by atoms with Gasteiger partial charge in [0.2, 0.25) is 0 Å². The summed E-state index contributed by atoms with van der Waals surface area (Å²) in [5.74, 6) is 0.991. The fourth-order valence-corrected chi connectivity index (χ4v) is 3.53. The van der Waals surface area contributed by atoms with Gasteiger partial charge in [-0.05, 0) is 49.3 Å². The van der Waals surface area contributed by atoms with E-state index >= 15 is 0 Å². The molecule has 1 aromatic rings. The van der Waals surface area contributed by atoms with E-state index in [0.717, 1.165) is 5.92 Å². The van der Waals surface area contributed by atoms with Crippen LogP contribution in [0.5, 0.6) is 0 Å². The molecule has 18 heavy (non-hydrogen) atoms. The van der Waals surface area contributed by atoms with Crippen LogP contribution in [0.4, 0.5) is 0 Å². The molecule has 1 aliphatic rings. The molecule has 0 aromatic heterocycles. The van der Waals surface area contributed by atoms with Gasteiger partial charge >= 0.3 is 0 Å². The molecule has 0 N–H and O–H groups in total. The van der Waals surface area contributed by atoms with Crippen LogP contribution in [-0.4, -0.2) is 0 Å². The van der Waals surface area contributed by atoms with Crippen molar-refractivity contribution in [3.63, 3.8) is 0 Å². The first-order valence-corrected chi connectivity index (χ1v) is 8.29. The van der Waals surface area contributed by atoms with Gasteiger partial charge in [-0.1, -0.05) is 66.2 Å². The van der Waals surface area contributed by atoms with Crippen molar-refractivity contribution in [1.82, 2.24) is 0 Å². The van der Waals surface area contributed by atoms with Gasteiger partial charge in [0.25, 0.3) is 0 Å². The third-order valence-electron chi connectivity index (χ3n) is 4.45. The van der Waals surface area contributed by atoms with E-state index in [1.54, 1.807) is 0 Å². The van der Waals surface area contributed by atoms with Crippen LogP contribution in [0.15, 0.2) is 18.2 Å². The van der Waals surface area contributed by atoms with E-state index in [2.05, 4.69) is 48.0 Å². The summed E-state index contributed by atoms with van der Waals surface area (Å²) in [6.07, 6.45) is 9.99. The van der Waals surface area contributed by atoms with Gasteiger partial charge in [0.15, 0.2) is 0 Å². The summed E-state index contributed by atoms with van der Waals surface area (Å²) in [4.78, 5) is 0.540. The normalized spacial score (nSPS) is 18.8. The van der Waals surface area contributed by atoms with Crippen molar-refractivity contribution in [2.24, 2.45) is 5.92 Å². The first-order valence-electron chi connectivity index (χ1n) is 7.38. The molecule has 0 aliphatic heterocycles. The van der Waals surface area contributed by atoms with E-state index in [0.29, 0.717) is 4.83 Å². The van der Waals surface area contributed by atoms with Crippen molar-refractivity contribution in [3.05, 3.63) is 34.9 Å². The quantitative estimate of drug-likeness (QED) is 0.589. The zero-order valence-electron chi connectivity index (χ0n) is 11.7. The lowest BCUT2D eigenvalue weighted by atomic mass is 9.85. The van der Waals surface area contributed by atoms with Crippen molar-refractivity contribution in [3.8, 4) is 0 Å². The molecule has 1 unspecified atom stereocenters. The fraction of sp³-hybridized carbons (Fsp3) is 0.647.